The van der Waals surface area contributed by atoms with Crippen molar-refractivity contribution in [3.63, 3.8) is 0 Å². The molecule has 3 unspecified atom stereocenters. The second-order valence-electron chi connectivity index (χ2n) is 8.32. The highest BCUT2D eigenvalue weighted by atomic mass is 32.1. The molecule has 0 saturated carbocycles. The summed E-state index contributed by atoms with van der Waals surface area (Å²) in [6.07, 6.45) is 5.41. The zero-order valence-electron chi connectivity index (χ0n) is 20.6. The van der Waals surface area contributed by atoms with Crippen molar-refractivity contribution in [1.82, 2.24) is 5.32 Å². The van der Waals surface area contributed by atoms with Crippen molar-refractivity contribution in [2.45, 2.75) is 91.3 Å². The fraction of sp³-hybridized carbons (Fsp3) is 0.952. The van der Waals surface area contributed by atoms with Gasteiger partial charge in [0.25, 0.3) is 0 Å². The van der Waals surface area contributed by atoms with E-state index in [4.69, 9.17) is 17.7 Å². The van der Waals surface area contributed by atoms with Crippen molar-refractivity contribution in [1.29, 1.82) is 0 Å². The average molecular weight is 514 g/mol. The fourth-order valence-corrected chi connectivity index (χ4v) is 6.72. The first kappa shape index (κ1) is 31.4. The van der Waals surface area contributed by atoms with E-state index in [0.717, 1.165) is 50.0 Å². The number of rotatable bonds is 20. The zero-order valence-corrected chi connectivity index (χ0v) is 25.2. The summed E-state index contributed by atoms with van der Waals surface area (Å²) < 4.78 is 24.8. The molecule has 0 rings (SSSR count). The Morgan fingerprint density at radius 1 is 0.871 bits per heavy atom. The van der Waals surface area contributed by atoms with Crippen molar-refractivity contribution in [2.24, 2.45) is 5.41 Å². The van der Waals surface area contributed by atoms with Gasteiger partial charge in [-0.15, -0.1) is 0 Å². The maximum atomic E-state index is 12.0. The summed E-state index contributed by atoms with van der Waals surface area (Å²) in [6.45, 7) is 13.9. The molecule has 0 aromatic carbocycles. The summed E-state index contributed by atoms with van der Waals surface area (Å²) >= 11 is 8.87. The average Bonchev–Trinajstić information content (AvgIpc) is 2.73. The molecule has 186 valence electrons. The van der Waals surface area contributed by atoms with Crippen LogP contribution in [0.1, 0.15) is 80.1 Å². The predicted molar refractivity (Wildman–Crippen MR) is 142 cm³/mol. The third-order valence-corrected chi connectivity index (χ3v) is 9.76. The molecule has 0 fully saturated rings. The van der Waals surface area contributed by atoms with E-state index in [-0.39, 0.29) is 5.91 Å². The zero-order chi connectivity index (χ0) is 23.8. The second kappa shape index (κ2) is 17.0. The van der Waals surface area contributed by atoms with Gasteiger partial charge in [0, 0.05) is 32.1 Å². The van der Waals surface area contributed by atoms with Crippen LogP contribution in [-0.4, -0.2) is 68.4 Å². The van der Waals surface area contributed by atoms with Gasteiger partial charge in [-0.1, -0.05) is 6.92 Å². The molecule has 1 N–H and O–H groups in total. The van der Waals surface area contributed by atoms with Crippen LogP contribution in [0, 0.1) is 5.41 Å². The summed E-state index contributed by atoms with van der Waals surface area (Å²) in [6, 6.07) is 0. The molecular weight excluding hydrogens is 467 g/mol. The maximum Gasteiger partial charge on any atom is 0.304 e. The molecule has 1 amide bonds. The number of unbranched alkanes of at least 4 members (excludes halogenated alkanes) is 1. The van der Waals surface area contributed by atoms with Crippen LogP contribution in [0.4, 0.5) is 0 Å². The van der Waals surface area contributed by atoms with Crippen LogP contribution in [0.3, 0.4) is 0 Å². The normalized spacial score (nSPS) is 18.3. The Labute approximate surface area is 206 Å². The number of thiol groups is 2. The van der Waals surface area contributed by atoms with Crippen molar-refractivity contribution in [3.05, 3.63) is 0 Å². The Kier molecular flexibility index (Phi) is 17.2. The Balaban J connectivity index is 6.37. The summed E-state index contributed by atoms with van der Waals surface area (Å²) in [5.74, 6) is 1.57. The first-order valence-corrected chi connectivity index (χ1v) is 15.2. The summed E-state index contributed by atoms with van der Waals surface area (Å²) in [5.41, 5.74) is -1.48. The van der Waals surface area contributed by atoms with Gasteiger partial charge in [0.15, 0.2) is 0 Å². The number of amides is 1. The molecule has 10 heteroatoms. The lowest BCUT2D eigenvalue weighted by molar-refractivity contribution is -0.175. The minimum Gasteiger partial charge on any atom is -0.399 e. The SMILES string of the molecule is CCO[SiH2]OC(C)(CCCS)C(CC)(CNC(C)=O)C(C)(CCCCS)O[SiH2]OCC. The number of carbonyl (C=O) groups excluding carboxylic acids is 1. The van der Waals surface area contributed by atoms with Gasteiger partial charge < -0.3 is 23.0 Å². The van der Waals surface area contributed by atoms with Crippen LogP contribution in [0.15, 0.2) is 0 Å². The van der Waals surface area contributed by atoms with Crippen LogP contribution in [0.25, 0.3) is 0 Å². The summed E-state index contributed by atoms with van der Waals surface area (Å²) in [4.78, 5) is 12.0. The topological polar surface area (TPSA) is 66.0 Å². The van der Waals surface area contributed by atoms with Gasteiger partial charge >= 0.3 is 20.0 Å². The lowest BCUT2D eigenvalue weighted by atomic mass is 9.58. The number of nitrogens with one attached hydrogen (secondary N) is 1. The Hall–Kier alpha value is 0.444. The van der Waals surface area contributed by atoms with Crippen LogP contribution >= 0.6 is 25.3 Å². The van der Waals surface area contributed by atoms with E-state index in [2.05, 4.69) is 51.3 Å². The highest BCUT2D eigenvalue weighted by Crippen LogP contribution is 2.52. The number of carbonyl (C=O) groups is 1. The van der Waals surface area contributed by atoms with Gasteiger partial charge in [-0.25, -0.2) is 0 Å². The van der Waals surface area contributed by atoms with Gasteiger partial charge in [-0.3, -0.25) is 4.79 Å². The van der Waals surface area contributed by atoms with Gasteiger partial charge in [0.1, 0.15) is 0 Å². The van der Waals surface area contributed by atoms with Crippen LogP contribution in [0.2, 0.25) is 0 Å². The molecule has 0 aliphatic carbocycles. The minimum atomic E-state index is -1.18. The van der Waals surface area contributed by atoms with Crippen LogP contribution < -0.4 is 5.32 Å². The van der Waals surface area contributed by atoms with E-state index in [1.807, 2.05) is 13.8 Å². The molecule has 0 aliphatic heterocycles. The molecule has 0 spiro atoms. The third kappa shape index (κ3) is 9.68. The lowest BCUT2D eigenvalue weighted by Crippen LogP contribution is -2.66. The molecule has 0 aliphatic rings. The van der Waals surface area contributed by atoms with Crippen molar-refractivity contribution >= 4 is 51.2 Å². The number of hydrogen-bond acceptors (Lipinski definition) is 7. The quantitative estimate of drug-likeness (QED) is 0.133. The molecule has 0 radical (unpaired) electrons. The van der Waals surface area contributed by atoms with Crippen molar-refractivity contribution in [3.8, 4) is 0 Å². The van der Waals surface area contributed by atoms with Crippen LogP contribution in [-0.2, 0) is 22.5 Å². The van der Waals surface area contributed by atoms with Gasteiger partial charge in [0.2, 0.25) is 5.91 Å². The van der Waals surface area contributed by atoms with E-state index >= 15 is 0 Å². The Bertz CT molecular complexity index is 483. The molecule has 0 heterocycles. The molecule has 0 bridgehead atoms. The second-order valence-corrected chi connectivity index (χ2v) is 11.1. The van der Waals surface area contributed by atoms with Crippen LogP contribution in [0.5, 0.6) is 0 Å². The minimum absolute atomic E-state index is 0.0452. The number of hydrogen-bond donors (Lipinski definition) is 3. The smallest absolute Gasteiger partial charge is 0.304 e. The third-order valence-electron chi connectivity index (χ3n) is 6.47. The van der Waals surface area contributed by atoms with E-state index in [0.29, 0.717) is 19.8 Å². The van der Waals surface area contributed by atoms with Crippen molar-refractivity contribution < 1.29 is 22.5 Å². The molecular formula is C21H47NO5S2Si2. The first-order valence-electron chi connectivity index (χ1n) is 11.6. The molecule has 31 heavy (non-hydrogen) atoms. The molecule has 0 saturated heterocycles. The largest absolute Gasteiger partial charge is 0.399 e. The molecule has 0 aromatic heterocycles. The highest BCUT2D eigenvalue weighted by Gasteiger charge is 2.58. The van der Waals surface area contributed by atoms with Gasteiger partial charge in [-0.05, 0) is 77.7 Å². The molecule has 0 aromatic rings. The summed E-state index contributed by atoms with van der Waals surface area (Å²) in [5, 5.41) is 3.11. The molecule has 3 atom stereocenters. The van der Waals surface area contributed by atoms with Gasteiger partial charge in [0.05, 0.1) is 11.2 Å². The van der Waals surface area contributed by atoms with Crippen molar-refractivity contribution in [2.75, 3.05) is 31.3 Å². The lowest BCUT2D eigenvalue weighted by Gasteiger charge is -2.58. The van der Waals surface area contributed by atoms with E-state index in [9.17, 15) is 4.79 Å². The highest BCUT2D eigenvalue weighted by molar-refractivity contribution is 7.80. The fourth-order valence-electron chi connectivity index (χ4n) is 4.48. The first-order chi connectivity index (χ1) is 14.7. The summed E-state index contributed by atoms with van der Waals surface area (Å²) in [7, 11) is -2.35. The Morgan fingerprint density at radius 2 is 1.35 bits per heavy atom. The maximum absolute atomic E-state index is 12.0. The van der Waals surface area contributed by atoms with Gasteiger partial charge in [-0.2, -0.15) is 25.3 Å². The van der Waals surface area contributed by atoms with E-state index < -0.39 is 36.6 Å². The Morgan fingerprint density at radius 3 is 1.74 bits per heavy atom. The van der Waals surface area contributed by atoms with E-state index in [1.54, 1.807) is 6.92 Å². The standard InChI is InChI=1S/C21H47NO5S2Si2/c1-7-21(17-22-18(4)23,20(6,14-12-16-29)27-31-25-9-3)19(5,13-10-11-15-28)26-30-24-8-2/h28-29H,7-17,30-31H2,1-6H3,(H,22,23). The molecule has 6 nitrogen and oxygen atoms in total. The van der Waals surface area contributed by atoms with E-state index in [1.165, 1.54) is 0 Å². The predicted octanol–water partition coefficient (Wildman–Crippen LogP) is 2.95. The monoisotopic (exact) mass is 513 g/mol.